The lowest BCUT2D eigenvalue weighted by atomic mass is 9.98. The Labute approximate surface area is 197 Å². The molecule has 180 valence electrons. The largest absolute Gasteiger partial charge is 0.371 e. The van der Waals surface area contributed by atoms with E-state index in [4.69, 9.17) is 0 Å². The van der Waals surface area contributed by atoms with Crippen molar-refractivity contribution in [3.05, 3.63) is 62.2 Å². The number of rotatable bonds is 6. The number of carbonyl (C=O) groups excluding carboxylic acids is 1. The Kier molecular flexibility index (Phi) is 6.92. The highest BCUT2D eigenvalue weighted by Crippen LogP contribution is 2.33. The van der Waals surface area contributed by atoms with Gasteiger partial charge in [0.2, 0.25) is 0 Å². The monoisotopic (exact) mass is 468 g/mol. The molecule has 4 rings (SSSR count). The summed E-state index contributed by atoms with van der Waals surface area (Å²) in [5.74, 6) is 0.0443. The molecule has 0 unspecified atom stereocenters. The molecule has 2 heterocycles. The lowest BCUT2D eigenvalue weighted by Crippen LogP contribution is -2.43. The molecule has 2 N–H and O–H groups in total. The van der Waals surface area contributed by atoms with Gasteiger partial charge in [0, 0.05) is 63.2 Å². The second-order valence-corrected chi connectivity index (χ2v) is 8.78. The molecule has 0 spiro atoms. The third-order valence-corrected chi connectivity index (χ3v) is 6.45. The number of nitro benzene ring substituents is 2. The van der Waals surface area contributed by atoms with Gasteiger partial charge in [-0.05, 0) is 37.0 Å². The number of piperazine rings is 1. The fourth-order valence-electron chi connectivity index (χ4n) is 4.46. The maximum Gasteiger partial charge on any atom is 0.294 e. The number of amides is 1. The first-order valence-electron chi connectivity index (χ1n) is 11.4. The standard InChI is InChI=1S/C23H28N6O5/c1-16-6-10-26(11-7-16)20-5-3-18(28(31)32)15-19(20)23(30)25-17-2-4-21(22(14-17)29(33)34)27-12-8-24-9-13-27/h2-5,14-16,24H,6-13H2,1H3,(H,25,30). The Hall–Kier alpha value is -3.73. The van der Waals surface area contributed by atoms with Crippen LogP contribution in [-0.2, 0) is 0 Å². The summed E-state index contributed by atoms with van der Waals surface area (Å²) in [5, 5.41) is 29.0. The molecule has 0 atom stereocenters. The smallest absolute Gasteiger partial charge is 0.294 e. The van der Waals surface area contributed by atoms with Gasteiger partial charge in [-0.3, -0.25) is 25.0 Å². The maximum absolute atomic E-state index is 13.2. The molecule has 2 aliphatic heterocycles. The number of piperidine rings is 1. The fourth-order valence-corrected chi connectivity index (χ4v) is 4.46. The molecule has 0 bridgehead atoms. The zero-order valence-electron chi connectivity index (χ0n) is 19.0. The van der Waals surface area contributed by atoms with Crippen LogP contribution in [0.1, 0.15) is 30.1 Å². The van der Waals surface area contributed by atoms with Gasteiger partial charge in [-0.1, -0.05) is 6.92 Å². The second kappa shape index (κ2) is 10.0. The van der Waals surface area contributed by atoms with Crippen molar-refractivity contribution in [2.75, 3.05) is 54.4 Å². The first-order chi connectivity index (χ1) is 16.3. The van der Waals surface area contributed by atoms with Crippen LogP contribution in [-0.4, -0.2) is 55.0 Å². The Bertz CT molecular complexity index is 1090. The van der Waals surface area contributed by atoms with Crippen molar-refractivity contribution in [3.8, 4) is 0 Å². The molecule has 11 nitrogen and oxygen atoms in total. The molecule has 2 aromatic carbocycles. The lowest BCUT2D eigenvalue weighted by Gasteiger charge is -2.33. The van der Waals surface area contributed by atoms with E-state index in [1.807, 2.05) is 4.90 Å². The van der Waals surface area contributed by atoms with Gasteiger partial charge in [-0.25, -0.2) is 0 Å². The summed E-state index contributed by atoms with van der Waals surface area (Å²) in [5.41, 5.74) is 1.30. The quantitative estimate of drug-likeness (QED) is 0.487. The molecule has 0 aliphatic carbocycles. The Morgan fingerprint density at radius 2 is 1.59 bits per heavy atom. The number of carbonyl (C=O) groups is 1. The lowest BCUT2D eigenvalue weighted by molar-refractivity contribution is -0.384. The molecule has 2 aromatic rings. The van der Waals surface area contributed by atoms with Gasteiger partial charge >= 0.3 is 0 Å². The minimum Gasteiger partial charge on any atom is -0.371 e. The maximum atomic E-state index is 13.2. The van der Waals surface area contributed by atoms with E-state index in [0.717, 1.165) is 39.0 Å². The Morgan fingerprint density at radius 3 is 2.24 bits per heavy atom. The number of nitro groups is 2. The van der Waals surface area contributed by atoms with E-state index in [-0.39, 0.29) is 22.6 Å². The molecule has 11 heteroatoms. The summed E-state index contributed by atoms with van der Waals surface area (Å²) in [4.78, 5) is 39.3. The summed E-state index contributed by atoms with van der Waals surface area (Å²) in [6.07, 6.45) is 1.94. The number of hydrogen-bond acceptors (Lipinski definition) is 8. The van der Waals surface area contributed by atoms with Crippen molar-refractivity contribution in [2.45, 2.75) is 19.8 Å². The molecule has 1 amide bonds. The van der Waals surface area contributed by atoms with Crippen molar-refractivity contribution in [1.82, 2.24) is 5.32 Å². The van der Waals surface area contributed by atoms with E-state index < -0.39 is 15.8 Å². The van der Waals surface area contributed by atoms with E-state index in [9.17, 15) is 25.0 Å². The van der Waals surface area contributed by atoms with E-state index in [2.05, 4.69) is 22.5 Å². The van der Waals surface area contributed by atoms with Crippen LogP contribution >= 0.6 is 0 Å². The van der Waals surface area contributed by atoms with Gasteiger partial charge in [0.1, 0.15) is 5.69 Å². The molecular formula is C23H28N6O5. The summed E-state index contributed by atoms with van der Waals surface area (Å²) in [7, 11) is 0. The van der Waals surface area contributed by atoms with Gasteiger partial charge in [0.15, 0.2) is 0 Å². The van der Waals surface area contributed by atoms with Crippen molar-refractivity contribution in [3.63, 3.8) is 0 Å². The number of hydrogen-bond donors (Lipinski definition) is 2. The summed E-state index contributed by atoms with van der Waals surface area (Å²) < 4.78 is 0. The van der Waals surface area contributed by atoms with Gasteiger partial charge < -0.3 is 20.4 Å². The highest BCUT2D eigenvalue weighted by atomic mass is 16.6. The van der Waals surface area contributed by atoms with Gasteiger partial charge in [-0.15, -0.1) is 0 Å². The van der Waals surface area contributed by atoms with E-state index in [1.165, 1.54) is 18.2 Å². The van der Waals surface area contributed by atoms with Crippen LogP contribution in [0.2, 0.25) is 0 Å². The molecule has 2 fully saturated rings. The zero-order chi connectivity index (χ0) is 24.2. The van der Waals surface area contributed by atoms with Crippen molar-refractivity contribution >= 4 is 34.3 Å². The summed E-state index contributed by atoms with van der Waals surface area (Å²) in [6, 6.07) is 8.89. The number of non-ortho nitro benzene ring substituents is 1. The van der Waals surface area contributed by atoms with Crippen molar-refractivity contribution < 1.29 is 14.6 Å². The molecule has 2 aliphatic rings. The van der Waals surface area contributed by atoms with Crippen LogP contribution < -0.4 is 20.4 Å². The number of nitrogens with zero attached hydrogens (tertiary/aromatic N) is 4. The van der Waals surface area contributed by atoms with E-state index in [0.29, 0.717) is 30.4 Å². The van der Waals surface area contributed by atoms with Gasteiger partial charge in [-0.2, -0.15) is 0 Å². The number of nitrogens with one attached hydrogen (secondary N) is 2. The van der Waals surface area contributed by atoms with Crippen LogP contribution in [0, 0.1) is 26.1 Å². The number of anilines is 3. The molecule has 0 saturated carbocycles. The van der Waals surface area contributed by atoms with Crippen molar-refractivity contribution in [1.29, 1.82) is 0 Å². The zero-order valence-corrected chi connectivity index (χ0v) is 19.0. The van der Waals surface area contributed by atoms with Crippen LogP contribution in [0.5, 0.6) is 0 Å². The minimum absolute atomic E-state index is 0.0935. The SMILES string of the molecule is CC1CCN(c2ccc([N+](=O)[O-])cc2C(=O)Nc2ccc(N3CCNCC3)c([N+](=O)[O-])c2)CC1. The predicted octanol–water partition coefficient (Wildman–Crippen LogP) is 3.40. The summed E-state index contributed by atoms with van der Waals surface area (Å²) in [6.45, 7) is 6.46. The molecule has 34 heavy (non-hydrogen) atoms. The predicted molar refractivity (Wildman–Crippen MR) is 130 cm³/mol. The Balaban J connectivity index is 1.62. The molecule has 2 saturated heterocycles. The molecule has 0 radical (unpaired) electrons. The topological polar surface area (TPSA) is 134 Å². The minimum atomic E-state index is -0.540. The Morgan fingerprint density at radius 1 is 0.941 bits per heavy atom. The van der Waals surface area contributed by atoms with Crippen LogP contribution in [0.15, 0.2) is 36.4 Å². The highest BCUT2D eigenvalue weighted by Gasteiger charge is 2.25. The first-order valence-corrected chi connectivity index (χ1v) is 11.4. The fraction of sp³-hybridized carbons (Fsp3) is 0.435. The number of benzene rings is 2. The van der Waals surface area contributed by atoms with Crippen LogP contribution in [0.25, 0.3) is 0 Å². The van der Waals surface area contributed by atoms with E-state index >= 15 is 0 Å². The molecule has 0 aromatic heterocycles. The normalized spacial score (nSPS) is 16.9. The third-order valence-electron chi connectivity index (χ3n) is 6.45. The summed E-state index contributed by atoms with van der Waals surface area (Å²) >= 11 is 0. The average molecular weight is 469 g/mol. The van der Waals surface area contributed by atoms with Crippen LogP contribution in [0.3, 0.4) is 0 Å². The third kappa shape index (κ3) is 5.09. The van der Waals surface area contributed by atoms with Gasteiger partial charge in [0.25, 0.3) is 17.3 Å². The second-order valence-electron chi connectivity index (χ2n) is 8.78. The van der Waals surface area contributed by atoms with Crippen molar-refractivity contribution in [2.24, 2.45) is 5.92 Å². The van der Waals surface area contributed by atoms with E-state index in [1.54, 1.807) is 18.2 Å². The van der Waals surface area contributed by atoms with Crippen LogP contribution in [0.4, 0.5) is 28.4 Å². The first kappa shape index (κ1) is 23.4. The highest BCUT2D eigenvalue weighted by molar-refractivity contribution is 6.09. The average Bonchev–Trinajstić information content (AvgIpc) is 2.84. The van der Waals surface area contributed by atoms with Gasteiger partial charge in [0.05, 0.1) is 21.1 Å². The molecular weight excluding hydrogens is 440 g/mol.